The highest BCUT2D eigenvalue weighted by Crippen LogP contribution is 2.30. The molecule has 2 unspecified atom stereocenters. The van der Waals surface area contributed by atoms with Crippen molar-refractivity contribution in [1.29, 1.82) is 0 Å². The molecule has 1 aliphatic rings. The number of ether oxygens (including phenoxy) is 2. The van der Waals surface area contributed by atoms with Gasteiger partial charge in [0.15, 0.2) is 11.6 Å². The third-order valence-corrected chi connectivity index (χ3v) is 3.62. The molecule has 1 aliphatic carbocycles. The van der Waals surface area contributed by atoms with Crippen molar-refractivity contribution >= 4 is 15.9 Å². The first kappa shape index (κ1) is 13.7. The summed E-state index contributed by atoms with van der Waals surface area (Å²) >= 11 is 3.13. The number of rotatable bonds is 3. The van der Waals surface area contributed by atoms with Crippen LogP contribution in [0.2, 0.25) is 0 Å². The lowest BCUT2D eigenvalue weighted by Gasteiger charge is -2.28. The fraction of sp³-hybridized carbons (Fsp3) is 0.538. The minimum Gasteiger partial charge on any atom is -0.487 e. The molecule has 0 amide bonds. The van der Waals surface area contributed by atoms with Gasteiger partial charge in [-0.25, -0.2) is 4.39 Å². The molecular formula is C13H15BrF2O2. The van der Waals surface area contributed by atoms with Crippen LogP contribution in [-0.2, 0) is 4.74 Å². The van der Waals surface area contributed by atoms with E-state index in [1.54, 1.807) is 7.11 Å². The predicted octanol–water partition coefficient (Wildman–Crippen LogP) is 4.06. The van der Waals surface area contributed by atoms with E-state index in [4.69, 9.17) is 9.47 Å². The molecule has 0 radical (unpaired) electrons. The van der Waals surface area contributed by atoms with Crippen LogP contribution in [0.4, 0.5) is 8.78 Å². The van der Waals surface area contributed by atoms with Crippen molar-refractivity contribution < 1.29 is 18.3 Å². The Morgan fingerprint density at radius 1 is 1.22 bits per heavy atom. The molecule has 0 heterocycles. The zero-order valence-electron chi connectivity index (χ0n) is 10.1. The van der Waals surface area contributed by atoms with Crippen LogP contribution in [0.15, 0.2) is 16.6 Å². The zero-order valence-corrected chi connectivity index (χ0v) is 11.7. The maximum Gasteiger partial charge on any atom is 0.200 e. The quantitative estimate of drug-likeness (QED) is 0.782. The Labute approximate surface area is 113 Å². The van der Waals surface area contributed by atoms with Crippen LogP contribution >= 0.6 is 15.9 Å². The Hall–Kier alpha value is -0.680. The van der Waals surface area contributed by atoms with Gasteiger partial charge in [0.1, 0.15) is 6.10 Å². The van der Waals surface area contributed by atoms with Gasteiger partial charge in [0.25, 0.3) is 0 Å². The molecule has 0 bridgehead atoms. The highest BCUT2D eigenvalue weighted by Gasteiger charge is 2.24. The largest absolute Gasteiger partial charge is 0.487 e. The van der Waals surface area contributed by atoms with Crippen LogP contribution in [-0.4, -0.2) is 19.3 Å². The minimum atomic E-state index is -0.933. The van der Waals surface area contributed by atoms with Gasteiger partial charge in [0.05, 0.1) is 6.10 Å². The van der Waals surface area contributed by atoms with Gasteiger partial charge < -0.3 is 9.47 Å². The summed E-state index contributed by atoms with van der Waals surface area (Å²) in [6.07, 6.45) is 3.54. The third kappa shape index (κ3) is 3.20. The van der Waals surface area contributed by atoms with E-state index in [9.17, 15) is 8.78 Å². The Bertz CT molecular complexity index is 426. The Morgan fingerprint density at radius 2 is 1.94 bits per heavy atom. The molecule has 2 rings (SSSR count). The highest BCUT2D eigenvalue weighted by molar-refractivity contribution is 9.10. The van der Waals surface area contributed by atoms with E-state index in [2.05, 4.69) is 15.9 Å². The molecule has 0 spiro atoms. The van der Waals surface area contributed by atoms with Gasteiger partial charge in [-0.3, -0.25) is 0 Å². The normalized spacial score (nSPS) is 24.0. The van der Waals surface area contributed by atoms with Crippen LogP contribution in [0, 0.1) is 11.6 Å². The van der Waals surface area contributed by atoms with E-state index in [-0.39, 0.29) is 18.0 Å². The second kappa shape index (κ2) is 5.97. The van der Waals surface area contributed by atoms with Gasteiger partial charge in [-0.15, -0.1) is 0 Å². The highest BCUT2D eigenvalue weighted by atomic mass is 79.9. The lowest BCUT2D eigenvalue weighted by atomic mass is 9.95. The molecule has 2 atom stereocenters. The molecule has 5 heteroatoms. The Kier molecular flexibility index (Phi) is 4.56. The molecule has 0 N–H and O–H groups in total. The van der Waals surface area contributed by atoms with Crippen molar-refractivity contribution in [2.75, 3.05) is 7.11 Å². The summed E-state index contributed by atoms with van der Waals surface area (Å²) < 4.78 is 38.1. The first-order chi connectivity index (χ1) is 8.60. The smallest absolute Gasteiger partial charge is 0.200 e. The molecule has 18 heavy (non-hydrogen) atoms. The third-order valence-electron chi connectivity index (χ3n) is 3.16. The summed E-state index contributed by atoms with van der Waals surface area (Å²) in [7, 11) is 1.66. The molecule has 100 valence electrons. The van der Waals surface area contributed by atoms with E-state index in [1.165, 1.54) is 6.07 Å². The van der Waals surface area contributed by atoms with Crippen molar-refractivity contribution in [3.8, 4) is 5.75 Å². The maximum absolute atomic E-state index is 13.6. The summed E-state index contributed by atoms with van der Waals surface area (Å²) in [4.78, 5) is 0. The van der Waals surface area contributed by atoms with Crippen molar-refractivity contribution in [2.24, 2.45) is 0 Å². The van der Waals surface area contributed by atoms with Crippen LogP contribution < -0.4 is 4.74 Å². The van der Waals surface area contributed by atoms with E-state index < -0.39 is 11.6 Å². The molecule has 0 aliphatic heterocycles. The van der Waals surface area contributed by atoms with Crippen LogP contribution in [0.1, 0.15) is 25.7 Å². The van der Waals surface area contributed by atoms with Gasteiger partial charge in [0, 0.05) is 18.0 Å². The summed E-state index contributed by atoms with van der Waals surface area (Å²) in [5.41, 5.74) is 0. The van der Waals surface area contributed by atoms with Crippen molar-refractivity contribution in [3.05, 3.63) is 28.2 Å². The lowest BCUT2D eigenvalue weighted by Crippen LogP contribution is -2.29. The SMILES string of the molecule is COC1CCCC(Oc2cc(Br)cc(F)c2F)C1. The predicted molar refractivity (Wildman–Crippen MR) is 67.7 cm³/mol. The maximum atomic E-state index is 13.6. The van der Waals surface area contributed by atoms with Gasteiger partial charge in [0.2, 0.25) is 5.82 Å². The summed E-state index contributed by atoms with van der Waals surface area (Å²) in [6.45, 7) is 0. The standard InChI is InChI=1S/C13H15BrF2O2/c1-17-9-3-2-4-10(7-9)18-12-6-8(14)5-11(15)13(12)16/h5-6,9-10H,2-4,7H2,1H3. The fourth-order valence-electron chi connectivity index (χ4n) is 2.22. The van der Waals surface area contributed by atoms with Gasteiger partial charge in [-0.2, -0.15) is 4.39 Å². The van der Waals surface area contributed by atoms with Gasteiger partial charge in [-0.05, 0) is 31.4 Å². The minimum absolute atomic E-state index is 0.0383. The molecule has 1 aromatic carbocycles. The summed E-state index contributed by atoms with van der Waals surface area (Å²) in [6, 6.07) is 2.54. The number of hydrogen-bond acceptors (Lipinski definition) is 2. The molecule has 1 fully saturated rings. The molecule has 0 saturated heterocycles. The van der Waals surface area contributed by atoms with Gasteiger partial charge in [-0.1, -0.05) is 15.9 Å². The van der Waals surface area contributed by atoms with Crippen molar-refractivity contribution in [3.63, 3.8) is 0 Å². The average molecular weight is 321 g/mol. The number of halogens is 3. The topological polar surface area (TPSA) is 18.5 Å². The van der Waals surface area contributed by atoms with Crippen LogP contribution in [0.5, 0.6) is 5.75 Å². The van der Waals surface area contributed by atoms with Crippen molar-refractivity contribution in [1.82, 2.24) is 0 Å². The van der Waals surface area contributed by atoms with Crippen LogP contribution in [0.25, 0.3) is 0 Å². The van der Waals surface area contributed by atoms with E-state index >= 15 is 0 Å². The summed E-state index contributed by atoms with van der Waals surface area (Å²) in [5, 5.41) is 0. The monoisotopic (exact) mass is 320 g/mol. The number of benzene rings is 1. The van der Waals surface area contributed by atoms with Gasteiger partial charge >= 0.3 is 0 Å². The second-order valence-electron chi connectivity index (χ2n) is 4.46. The first-order valence-corrected chi connectivity index (χ1v) is 6.73. The molecule has 2 nitrogen and oxygen atoms in total. The molecule has 1 aromatic rings. The summed E-state index contributed by atoms with van der Waals surface area (Å²) in [5.74, 6) is -1.88. The average Bonchev–Trinajstić information content (AvgIpc) is 2.35. The van der Waals surface area contributed by atoms with Crippen LogP contribution in [0.3, 0.4) is 0 Å². The Morgan fingerprint density at radius 3 is 2.67 bits per heavy atom. The molecule has 0 aromatic heterocycles. The lowest BCUT2D eigenvalue weighted by molar-refractivity contribution is 0.0195. The number of methoxy groups -OCH3 is 1. The Balaban J connectivity index is 2.09. The number of hydrogen-bond donors (Lipinski definition) is 0. The van der Waals surface area contributed by atoms with E-state index in [0.717, 1.165) is 25.3 Å². The molecule has 1 saturated carbocycles. The fourth-order valence-corrected chi connectivity index (χ4v) is 2.63. The second-order valence-corrected chi connectivity index (χ2v) is 5.38. The molecular weight excluding hydrogens is 306 g/mol. The van der Waals surface area contributed by atoms with E-state index in [1.807, 2.05) is 0 Å². The van der Waals surface area contributed by atoms with Crippen molar-refractivity contribution in [2.45, 2.75) is 37.9 Å². The van der Waals surface area contributed by atoms with E-state index in [0.29, 0.717) is 10.9 Å². The first-order valence-electron chi connectivity index (χ1n) is 5.94. The zero-order chi connectivity index (χ0) is 13.1.